The normalized spacial score (nSPS) is 14.0. The highest BCUT2D eigenvalue weighted by Crippen LogP contribution is 2.24. The summed E-state index contributed by atoms with van der Waals surface area (Å²) < 4.78 is 24.8. The first-order valence-electron chi connectivity index (χ1n) is 12.0. The number of phenols is 1. The van der Waals surface area contributed by atoms with Crippen LogP contribution in [0.4, 0.5) is 10.1 Å². The van der Waals surface area contributed by atoms with Gasteiger partial charge in [-0.1, -0.05) is 12.1 Å². The van der Waals surface area contributed by atoms with Crippen LogP contribution in [0, 0.1) is 5.82 Å². The topological polar surface area (TPSA) is 78.2 Å². The van der Waals surface area contributed by atoms with Crippen LogP contribution in [-0.2, 0) is 0 Å². The third-order valence-corrected chi connectivity index (χ3v) is 6.72. The van der Waals surface area contributed by atoms with Crippen LogP contribution >= 0.6 is 12.2 Å². The van der Waals surface area contributed by atoms with Crippen LogP contribution in [0.15, 0.2) is 82.2 Å². The van der Waals surface area contributed by atoms with Crippen molar-refractivity contribution in [1.29, 1.82) is 0 Å². The monoisotopic (exact) mass is 519 g/mol. The fourth-order valence-electron chi connectivity index (χ4n) is 4.24. The largest absolute Gasteiger partial charge is 0.508 e. The van der Waals surface area contributed by atoms with Crippen LogP contribution < -0.4 is 15.5 Å². The summed E-state index contributed by atoms with van der Waals surface area (Å²) in [5.74, 6) is 0.497. The van der Waals surface area contributed by atoms with E-state index < -0.39 is 0 Å². The van der Waals surface area contributed by atoms with Gasteiger partial charge in [0, 0.05) is 44.5 Å². The number of thiocarbonyl (C=S) groups is 1. The van der Waals surface area contributed by atoms with Gasteiger partial charge in [0.15, 0.2) is 10.5 Å². The zero-order valence-corrected chi connectivity index (χ0v) is 20.8. The third kappa shape index (κ3) is 5.90. The van der Waals surface area contributed by atoms with Gasteiger partial charge in [-0.25, -0.2) is 4.39 Å². The maximum absolute atomic E-state index is 13.1. The van der Waals surface area contributed by atoms with Gasteiger partial charge in [-0.05, 0) is 66.3 Å². The lowest BCUT2D eigenvalue weighted by Crippen LogP contribution is -2.50. The van der Waals surface area contributed by atoms with E-state index in [0.29, 0.717) is 39.6 Å². The molecular formula is C28H26FN3O4S. The first-order chi connectivity index (χ1) is 18.0. The second-order valence-corrected chi connectivity index (χ2v) is 9.18. The number of hydrogen-bond acceptors (Lipinski definition) is 6. The van der Waals surface area contributed by atoms with E-state index in [1.54, 1.807) is 42.5 Å². The number of phenolic OH excluding ortho intramolecular Hbond substituents is 1. The molecule has 0 saturated carbocycles. The number of aromatic hydroxyl groups is 1. The first kappa shape index (κ1) is 24.7. The fraction of sp³-hybridized carbons (Fsp3) is 0.214. The Balaban J connectivity index is 1.12. The van der Waals surface area contributed by atoms with Crippen molar-refractivity contribution in [3.63, 3.8) is 0 Å². The van der Waals surface area contributed by atoms with Gasteiger partial charge in [-0.3, -0.25) is 9.69 Å². The van der Waals surface area contributed by atoms with E-state index in [1.807, 2.05) is 0 Å². The van der Waals surface area contributed by atoms with E-state index in [1.165, 1.54) is 30.5 Å². The van der Waals surface area contributed by atoms with Crippen LogP contribution in [0.5, 0.6) is 11.5 Å². The summed E-state index contributed by atoms with van der Waals surface area (Å²) in [7, 11) is 0. The number of benzene rings is 3. The second kappa shape index (κ2) is 11.0. The Morgan fingerprint density at radius 1 is 1.03 bits per heavy atom. The number of nitrogens with zero attached hydrogens (tertiary/aromatic N) is 2. The Hall–Kier alpha value is -3.95. The molecule has 0 amide bonds. The number of ether oxygens (including phenoxy) is 1. The van der Waals surface area contributed by atoms with Crippen LogP contribution in [-0.4, -0.2) is 59.3 Å². The van der Waals surface area contributed by atoms with Crippen molar-refractivity contribution in [3.8, 4) is 22.6 Å². The predicted octanol–water partition coefficient (Wildman–Crippen LogP) is 4.70. The maximum atomic E-state index is 13.1. The summed E-state index contributed by atoms with van der Waals surface area (Å²) in [6.45, 7) is 4.53. The van der Waals surface area contributed by atoms with Crippen molar-refractivity contribution in [2.75, 3.05) is 44.6 Å². The molecule has 3 aromatic carbocycles. The Bertz CT molecular complexity index is 1450. The summed E-state index contributed by atoms with van der Waals surface area (Å²) in [6.07, 6.45) is 1.44. The first-order valence-corrected chi connectivity index (χ1v) is 12.4. The molecule has 190 valence electrons. The highest BCUT2D eigenvalue weighted by Gasteiger charge is 2.19. The zero-order chi connectivity index (χ0) is 25.8. The van der Waals surface area contributed by atoms with Crippen molar-refractivity contribution < 1.29 is 18.7 Å². The van der Waals surface area contributed by atoms with Gasteiger partial charge in [0.2, 0.25) is 0 Å². The molecule has 0 spiro atoms. The highest BCUT2D eigenvalue weighted by atomic mass is 32.1. The molecule has 1 fully saturated rings. The molecule has 0 atom stereocenters. The van der Waals surface area contributed by atoms with Gasteiger partial charge >= 0.3 is 0 Å². The van der Waals surface area contributed by atoms with Gasteiger partial charge in [0.05, 0.1) is 10.9 Å². The molecule has 5 rings (SSSR count). The van der Waals surface area contributed by atoms with Crippen LogP contribution in [0.3, 0.4) is 0 Å². The summed E-state index contributed by atoms with van der Waals surface area (Å²) in [5, 5.41) is 13.7. The molecule has 7 nitrogen and oxygen atoms in total. The van der Waals surface area contributed by atoms with Crippen molar-refractivity contribution in [3.05, 3.63) is 89.0 Å². The van der Waals surface area contributed by atoms with Gasteiger partial charge in [-0.15, -0.1) is 0 Å². The van der Waals surface area contributed by atoms with Gasteiger partial charge < -0.3 is 24.5 Å². The Kier molecular flexibility index (Phi) is 7.34. The number of hydrogen-bond donors (Lipinski definition) is 2. The Labute approximate surface area is 218 Å². The molecule has 0 bridgehead atoms. The molecule has 0 unspecified atom stereocenters. The number of fused-ring (bicyclic) bond motifs is 1. The van der Waals surface area contributed by atoms with E-state index in [9.17, 15) is 14.3 Å². The smallest absolute Gasteiger partial charge is 0.200 e. The lowest BCUT2D eigenvalue weighted by atomic mass is 10.1. The van der Waals surface area contributed by atoms with Crippen LogP contribution in [0.25, 0.3) is 22.1 Å². The van der Waals surface area contributed by atoms with E-state index >= 15 is 0 Å². The van der Waals surface area contributed by atoms with E-state index in [0.717, 1.165) is 38.4 Å². The molecule has 2 N–H and O–H groups in total. The molecule has 2 heterocycles. The number of nitrogens with one attached hydrogen (secondary N) is 1. The molecule has 1 aliphatic heterocycles. The minimum atomic E-state index is -0.278. The lowest BCUT2D eigenvalue weighted by molar-refractivity contribution is 0.155. The van der Waals surface area contributed by atoms with Crippen molar-refractivity contribution in [2.24, 2.45) is 0 Å². The Morgan fingerprint density at radius 3 is 2.49 bits per heavy atom. The van der Waals surface area contributed by atoms with E-state index in [2.05, 4.69) is 15.1 Å². The molecule has 1 aliphatic rings. The number of piperazine rings is 1. The maximum Gasteiger partial charge on any atom is 0.200 e. The van der Waals surface area contributed by atoms with Gasteiger partial charge in [-0.2, -0.15) is 0 Å². The molecule has 0 radical (unpaired) electrons. The summed E-state index contributed by atoms with van der Waals surface area (Å²) in [6, 6.07) is 17.8. The summed E-state index contributed by atoms with van der Waals surface area (Å²) in [4.78, 5) is 17.3. The average molecular weight is 520 g/mol. The number of anilines is 1. The highest BCUT2D eigenvalue weighted by molar-refractivity contribution is 7.80. The SMILES string of the molecule is O=c1c(-c2ccc(O)cc2)coc2cc(OCCN3CCN(C(=S)Nc4ccc(F)cc4)CC3)ccc12. The average Bonchev–Trinajstić information content (AvgIpc) is 2.91. The molecule has 1 saturated heterocycles. The van der Waals surface area contributed by atoms with E-state index in [4.69, 9.17) is 21.4 Å². The standard InChI is InChI=1S/C28H26FN3O4S/c29-20-3-5-21(6-4-20)30-28(37)32-13-11-31(12-14-32)15-16-35-23-9-10-24-26(17-23)36-18-25(27(24)34)19-1-7-22(33)8-2-19/h1-10,17-18,33H,11-16H2,(H,30,37). The number of halogens is 1. The quantitative estimate of drug-likeness (QED) is 0.355. The van der Waals surface area contributed by atoms with Crippen molar-refractivity contribution in [1.82, 2.24) is 9.80 Å². The predicted molar refractivity (Wildman–Crippen MR) is 146 cm³/mol. The van der Waals surface area contributed by atoms with Crippen molar-refractivity contribution in [2.45, 2.75) is 0 Å². The fourth-order valence-corrected chi connectivity index (χ4v) is 4.54. The van der Waals surface area contributed by atoms with Crippen molar-refractivity contribution >= 4 is 34.0 Å². The second-order valence-electron chi connectivity index (χ2n) is 8.80. The summed E-state index contributed by atoms with van der Waals surface area (Å²) in [5.41, 5.74) is 2.21. The molecule has 1 aromatic heterocycles. The van der Waals surface area contributed by atoms with Crippen LogP contribution in [0.1, 0.15) is 0 Å². The molecule has 9 heteroatoms. The molecule has 37 heavy (non-hydrogen) atoms. The minimum absolute atomic E-state index is 0.136. The van der Waals surface area contributed by atoms with Gasteiger partial charge in [0.1, 0.15) is 35.8 Å². The zero-order valence-electron chi connectivity index (χ0n) is 20.0. The number of rotatable bonds is 6. The lowest BCUT2D eigenvalue weighted by Gasteiger charge is -2.36. The molecule has 0 aliphatic carbocycles. The van der Waals surface area contributed by atoms with E-state index in [-0.39, 0.29) is 17.0 Å². The minimum Gasteiger partial charge on any atom is -0.508 e. The van der Waals surface area contributed by atoms with Crippen LogP contribution in [0.2, 0.25) is 0 Å². The third-order valence-electron chi connectivity index (χ3n) is 6.36. The van der Waals surface area contributed by atoms with Gasteiger partial charge in [0.25, 0.3) is 0 Å². The molecule has 4 aromatic rings. The summed E-state index contributed by atoms with van der Waals surface area (Å²) >= 11 is 5.50. The molecular weight excluding hydrogens is 493 g/mol. The Morgan fingerprint density at radius 2 is 1.76 bits per heavy atom.